The van der Waals surface area contributed by atoms with E-state index in [-0.39, 0.29) is 42.6 Å². The maximum absolute atomic E-state index is 13.3. The Morgan fingerprint density at radius 3 is 2.79 bits per heavy atom. The minimum absolute atomic E-state index is 0.0234. The van der Waals surface area contributed by atoms with Gasteiger partial charge in [-0.1, -0.05) is 17.7 Å². The summed E-state index contributed by atoms with van der Waals surface area (Å²) in [6.07, 6.45) is -0.648. The van der Waals surface area contributed by atoms with E-state index in [1.807, 2.05) is 0 Å². The zero-order valence-electron chi connectivity index (χ0n) is 15.7. The summed E-state index contributed by atoms with van der Waals surface area (Å²) in [6, 6.07) is 8.64. The molecule has 0 fully saturated rings. The predicted octanol–water partition coefficient (Wildman–Crippen LogP) is 1.56. The van der Waals surface area contributed by atoms with Crippen molar-refractivity contribution in [3.8, 4) is 11.6 Å². The van der Waals surface area contributed by atoms with E-state index in [4.69, 9.17) is 21.1 Å². The van der Waals surface area contributed by atoms with Crippen LogP contribution in [-0.4, -0.2) is 54.8 Å². The van der Waals surface area contributed by atoms with E-state index in [2.05, 4.69) is 15.6 Å². The molecule has 0 aliphatic rings. The van der Waals surface area contributed by atoms with E-state index in [9.17, 15) is 19.1 Å². The third-order valence-corrected chi connectivity index (χ3v) is 4.03. The number of hydrogen-bond donors (Lipinski definition) is 3. The van der Waals surface area contributed by atoms with Crippen molar-refractivity contribution in [1.82, 2.24) is 15.6 Å². The van der Waals surface area contributed by atoms with Gasteiger partial charge in [-0.15, -0.1) is 0 Å². The molecule has 0 bridgehead atoms. The topological polar surface area (TPSA) is 110 Å². The maximum Gasteiger partial charge on any atom is 0.270 e. The highest BCUT2D eigenvalue weighted by Crippen LogP contribution is 2.20. The molecule has 8 nitrogen and oxygen atoms in total. The van der Waals surface area contributed by atoms with Gasteiger partial charge >= 0.3 is 0 Å². The van der Waals surface area contributed by atoms with Crippen molar-refractivity contribution in [1.29, 1.82) is 0 Å². The fourth-order valence-corrected chi connectivity index (χ4v) is 2.32. The van der Waals surface area contributed by atoms with Gasteiger partial charge in [-0.05, 0) is 24.6 Å². The van der Waals surface area contributed by atoms with Crippen LogP contribution < -0.4 is 20.1 Å². The molecule has 0 saturated carbocycles. The highest BCUT2D eigenvalue weighted by Gasteiger charge is 2.11. The van der Waals surface area contributed by atoms with Crippen LogP contribution in [0.25, 0.3) is 0 Å². The molecule has 1 atom stereocenters. The number of hydrogen-bond acceptors (Lipinski definition) is 6. The van der Waals surface area contributed by atoms with Crippen molar-refractivity contribution < 1.29 is 28.6 Å². The van der Waals surface area contributed by atoms with Crippen LogP contribution in [-0.2, 0) is 4.79 Å². The van der Waals surface area contributed by atoms with E-state index < -0.39 is 23.7 Å². The van der Waals surface area contributed by atoms with Crippen molar-refractivity contribution in [2.75, 3.05) is 26.8 Å². The lowest BCUT2D eigenvalue weighted by molar-refractivity contribution is -0.123. The van der Waals surface area contributed by atoms with Crippen LogP contribution in [0.3, 0.4) is 0 Å². The lowest BCUT2D eigenvalue weighted by atomic mass is 10.2. The van der Waals surface area contributed by atoms with Gasteiger partial charge in [0.05, 0.1) is 18.2 Å². The van der Waals surface area contributed by atoms with Crippen LogP contribution in [0, 0.1) is 5.82 Å². The number of nitrogens with one attached hydrogen (secondary N) is 2. The molecule has 1 aromatic carbocycles. The SMILES string of the molecule is COc1cccc(C(=O)NCCC(O)CNC(=O)COc2ccc(Cl)c(F)c2)n1. The zero-order chi connectivity index (χ0) is 21.2. The number of nitrogens with zero attached hydrogens (tertiary/aromatic N) is 1. The molecule has 10 heteroatoms. The van der Waals surface area contributed by atoms with Gasteiger partial charge in [-0.2, -0.15) is 0 Å². The van der Waals surface area contributed by atoms with E-state index >= 15 is 0 Å². The fourth-order valence-electron chi connectivity index (χ4n) is 2.20. The van der Waals surface area contributed by atoms with Crippen LogP contribution in [0.15, 0.2) is 36.4 Å². The Kier molecular flexibility index (Phi) is 8.63. The largest absolute Gasteiger partial charge is 0.484 e. The number of benzene rings is 1. The van der Waals surface area contributed by atoms with Crippen LogP contribution in [0.2, 0.25) is 5.02 Å². The Balaban J connectivity index is 1.64. The van der Waals surface area contributed by atoms with Crippen LogP contribution in [0.5, 0.6) is 11.6 Å². The summed E-state index contributed by atoms with van der Waals surface area (Å²) in [6.45, 7) is -0.175. The van der Waals surface area contributed by atoms with Crippen LogP contribution >= 0.6 is 11.6 Å². The number of pyridine rings is 1. The molecule has 0 aliphatic heterocycles. The Morgan fingerprint density at radius 2 is 2.07 bits per heavy atom. The Bertz CT molecular complexity index is 852. The number of aromatic nitrogens is 1. The number of rotatable bonds is 10. The average Bonchev–Trinajstić information content (AvgIpc) is 2.73. The third-order valence-electron chi connectivity index (χ3n) is 3.72. The van der Waals surface area contributed by atoms with E-state index in [0.717, 1.165) is 6.07 Å². The van der Waals surface area contributed by atoms with Crippen molar-refractivity contribution >= 4 is 23.4 Å². The Hall–Kier alpha value is -2.91. The molecule has 156 valence electrons. The minimum atomic E-state index is -0.870. The number of carbonyl (C=O) groups is 2. The quantitative estimate of drug-likeness (QED) is 0.533. The molecule has 2 rings (SSSR count). The summed E-state index contributed by atoms with van der Waals surface area (Å²) in [5.74, 6) is -1.04. The van der Waals surface area contributed by atoms with Crippen molar-refractivity contribution in [2.45, 2.75) is 12.5 Å². The lowest BCUT2D eigenvalue weighted by Gasteiger charge is -2.13. The first-order chi connectivity index (χ1) is 13.9. The number of halogens is 2. The molecule has 1 aromatic heterocycles. The summed E-state index contributed by atoms with van der Waals surface area (Å²) in [7, 11) is 1.45. The van der Waals surface area contributed by atoms with E-state index in [1.54, 1.807) is 18.2 Å². The second-order valence-corrected chi connectivity index (χ2v) is 6.34. The number of aliphatic hydroxyl groups excluding tert-OH is 1. The summed E-state index contributed by atoms with van der Waals surface area (Å²) in [5.41, 5.74) is 0.197. The number of aliphatic hydroxyl groups is 1. The fraction of sp³-hybridized carbons (Fsp3) is 0.316. The van der Waals surface area contributed by atoms with Gasteiger partial charge in [-0.3, -0.25) is 9.59 Å². The molecule has 29 heavy (non-hydrogen) atoms. The molecule has 1 heterocycles. The smallest absolute Gasteiger partial charge is 0.270 e. The van der Waals surface area contributed by atoms with Gasteiger partial charge in [0.15, 0.2) is 6.61 Å². The summed E-state index contributed by atoms with van der Waals surface area (Å²) in [4.78, 5) is 27.7. The molecular formula is C19H21ClFN3O5. The standard InChI is InChI=1S/C19H21ClFN3O5/c1-28-18-4-2-3-16(24-18)19(27)22-8-7-12(25)10-23-17(26)11-29-13-5-6-14(20)15(21)9-13/h2-6,9,12,25H,7-8,10-11H2,1H3,(H,22,27)(H,23,26). The van der Waals surface area contributed by atoms with Crippen molar-refractivity contribution in [2.24, 2.45) is 0 Å². The van der Waals surface area contributed by atoms with Crippen LogP contribution in [0.1, 0.15) is 16.9 Å². The predicted molar refractivity (Wildman–Crippen MR) is 104 cm³/mol. The van der Waals surface area contributed by atoms with Crippen LogP contribution in [0.4, 0.5) is 4.39 Å². The first kappa shape index (κ1) is 22.4. The van der Waals surface area contributed by atoms with Crippen molar-refractivity contribution in [3.05, 3.63) is 52.9 Å². The molecule has 0 spiro atoms. The molecule has 0 aliphatic carbocycles. The number of carbonyl (C=O) groups excluding carboxylic acids is 2. The zero-order valence-corrected chi connectivity index (χ0v) is 16.4. The van der Waals surface area contributed by atoms with Gasteiger partial charge < -0.3 is 25.2 Å². The van der Waals surface area contributed by atoms with Gasteiger partial charge in [-0.25, -0.2) is 9.37 Å². The molecule has 1 unspecified atom stereocenters. The second kappa shape index (κ2) is 11.2. The monoisotopic (exact) mass is 425 g/mol. The third kappa shape index (κ3) is 7.55. The first-order valence-electron chi connectivity index (χ1n) is 8.71. The molecule has 2 amide bonds. The summed E-state index contributed by atoms with van der Waals surface area (Å²) >= 11 is 5.56. The summed E-state index contributed by atoms with van der Waals surface area (Å²) < 4.78 is 23.4. The first-order valence-corrected chi connectivity index (χ1v) is 9.08. The molecule has 0 radical (unpaired) electrons. The lowest BCUT2D eigenvalue weighted by Crippen LogP contribution is -2.37. The van der Waals surface area contributed by atoms with Gasteiger partial charge in [0.25, 0.3) is 11.8 Å². The Morgan fingerprint density at radius 1 is 1.28 bits per heavy atom. The number of methoxy groups -OCH3 is 1. The maximum atomic E-state index is 13.3. The second-order valence-electron chi connectivity index (χ2n) is 5.93. The molecular weight excluding hydrogens is 405 g/mol. The van der Waals surface area contributed by atoms with E-state index in [0.29, 0.717) is 5.88 Å². The highest BCUT2D eigenvalue weighted by atomic mass is 35.5. The van der Waals surface area contributed by atoms with Gasteiger partial charge in [0, 0.05) is 25.2 Å². The minimum Gasteiger partial charge on any atom is -0.484 e. The molecule has 0 saturated heterocycles. The van der Waals surface area contributed by atoms with E-state index in [1.165, 1.54) is 19.2 Å². The Labute approximate surface area is 172 Å². The normalized spacial score (nSPS) is 11.4. The molecule has 2 aromatic rings. The van der Waals surface area contributed by atoms with Gasteiger partial charge in [0.1, 0.15) is 17.3 Å². The van der Waals surface area contributed by atoms with Crippen molar-refractivity contribution in [3.63, 3.8) is 0 Å². The number of amides is 2. The summed E-state index contributed by atoms with van der Waals surface area (Å²) in [5, 5.41) is 15.0. The molecule has 3 N–H and O–H groups in total. The number of ether oxygens (including phenoxy) is 2. The average molecular weight is 426 g/mol. The highest BCUT2D eigenvalue weighted by molar-refractivity contribution is 6.30. The van der Waals surface area contributed by atoms with Gasteiger partial charge in [0.2, 0.25) is 5.88 Å².